The minimum atomic E-state index is -3.35. The molecule has 138 valence electrons. The van der Waals surface area contributed by atoms with Crippen LogP contribution in [0.4, 0.5) is 11.4 Å². The van der Waals surface area contributed by atoms with Crippen molar-refractivity contribution in [1.82, 2.24) is 4.90 Å². The highest BCUT2D eigenvalue weighted by Gasteiger charge is 2.34. The zero-order valence-corrected chi connectivity index (χ0v) is 15.0. The molecule has 1 aromatic heterocycles. The second-order valence-electron chi connectivity index (χ2n) is 6.20. The maximum Gasteiger partial charge on any atom is 0.229 e. The van der Waals surface area contributed by atoms with E-state index in [1.54, 1.807) is 47.6 Å². The van der Waals surface area contributed by atoms with Gasteiger partial charge in [-0.1, -0.05) is 0 Å². The Morgan fingerprint density at radius 2 is 1.92 bits per heavy atom. The predicted octanol–water partition coefficient (Wildman–Crippen LogP) is 1.64. The molecule has 8 nitrogen and oxygen atoms in total. The lowest BCUT2D eigenvalue weighted by atomic mass is 10.1. The SMILES string of the molecule is CS(=O)(=O)Nc1ccc(NC(=O)C2CC(=O)N(Cc3ccco3)C2)cc1. The first-order valence-electron chi connectivity index (χ1n) is 7.99. The van der Waals surface area contributed by atoms with Gasteiger partial charge in [-0.25, -0.2) is 8.42 Å². The van der Waals surface area contributed by atoms with Crippen LogP contribution in [0.5, 0.6) is 0 Å². The number of hydrogen-bond acceptors (Lipinski definition) is 5. The van der Waals surface area contributed by atoms with Crippen molar-refractivity contribution in [3.8, 4) is 0 Å². The lowest BCUT2D eigenvalue weighted by Crippen LogP contribution is -2.27. The number of furan rings is 1. The minimum absolute atomic E-state index is 0.0887. The molecule has 2 amide bonds. The molecule has 9 heteroatoms. The molecule has 0 radical (unpaired) electrons. The number of rotatable bonds is 6. The Labute approximate surface area is 151 Å². The van der Waals surface area contributed by atoms with Gasteiger partial charge in [0.25, 0.3) is 0 Å². The van der Waals surface area contributed by atoms with Gasteiger partial charge in [0.15, 0.2) is 0 Å². The van der Waals surface area contributed by atoms with Crippen molar-refractivity contribution in [2.45, 2.75) is 13.0 Å². The molecule has 0 bridgehead atoms. The van der Waals surface area contributed by atoms with Gasteiger partial charge in [-0.3, -0.25) is 14.3 Å². The number of nitrogens with one attached hydrogen (secondary N) is 2. The van der Waals surface area contributed by atoms with Crippen molar-refractivity contribution in [3.63, 3.8) is 0 Å². The molecule has 1 fully saturated rings. The maximum atomic E-state index is 12.4. The summed E-state index contributed by atoms with van der Waals surface area (Å²) in [6.07, 6.45) is 2.76. The van der Waals surface area contributed by atoms with Gasteiger partial charge in [-0.05, 0) is 36.4 Å². The number of anilines is 2. The number of hydrogen-bond donors (Lipinski definition) is 2. The first-order valence-corrected chi connectivity index (χ1v) is 9.88. The number of nitrogens with zero attached hydrogens (tertiary/aromatic N) is 1. The molecule has 2 aromatic rings. The molecule has 3 rings (SSSR count). The van der Waals surface area contributed by atoms with Gasteiger partial charge < -0.3 is 14.6 Å². The van der Waals surface area contributed by atoms with E-state index in [1.807, 2.05) is 0 Å². The third-order valence-electron chi connectivity index (χ3n) is 3.97. The summed E-state index contributed by atoms with van der Waals surface area (Å²) in [4.78, 5) is 26.1. The monoisotopic (exact) mass is 377 g/mol. The number of carbonyl (C=O) groups is 2. The highest BCUT2D eigenvalue weighted by Crippen LogP contribution is 2.22. The summed E-state index contributed by atoms with van der Waals surface area (Å²) in [5.41, 5.74) is 0.942. The summed E-state index contributed by atoms with van der Waals surface area (Å²) in [6.45, 7) is 0.681. The van der Waals surface area contributed by atoms with Gasteiger partial charge in [-0.15, -0.1) is 0 Å². The molecule has 2 heterocycles. The molecule has 1 unspecified atom stereocenters. The molecular formula is C17H19N3O5S. The maximum absolute atomic E-state index is 12.4. The van der Waals surface area contributed by atoms with Crippen LogP contribution < -0.4 is 10.0 Å². The van der Waals surface area contributed by atoms with E-state index >= 15 is 0 Å². The molecule has 26 heavy (non-hydrogen) atoms. The fraction of sp³-hybridized carbons (Fsp3) is 0.294. The Morgan fingerprint density at radius 3 is 2.54 bits per heavy atom. The summed E-state index contributed by atoms with van der Waals surface area (Å²) in [5.74, 6) is -0.0991. The van der Waals surface area contributed by atoms with E-state index in [1.165, 1.54) is 0 Å². The van der Waals surface area contributed by atoms with Gasteiger partial charge in [0.05, 0.1) is 25.0 Å². The predicted molar refractivity (Wildman–Crippen MR) is 95.8 cm³/mol. The van der Waals surface area contributed by atoms with Crippen LogP contribution in [-0.4, -0.2) is 37.9 Å². The summed E-state index contributed by atoms with van der Waals surface area (Å²) in [7, 11) is -3.35. The van der Waals surface area contributed by atoms with Crippen LogP contribution in [0.2, 0.25) is 0 Å². The van der Waals surface area contributed by atoms with Gasteiger partial charge >= 0.3 is 0 Å². The molecular weight excluding hydrogens is 358 g/mol. The minimum Gasteiger partial charge on any atom is -0.467 e. The first kappa shape index (κ1) is 18.0. The Morgan fingerprint density at radius 1 is 1.23 bits per heavy atom. The average Bonchev–Trinajstić information content (AvgIpc) is 3.19. The van der Waals surface area contributed by atoms with E-state index in [2.05, 4.69) is 10.0 Å². The molecule has 0 spiro atoms. The Balaban J connectivity index is 1.57. The van der Waals surface area contributed by atoms with Crippen molar-refractivity contribution in [2.24, 2.45) is 5.92 Å². The third-order valence-corrected chi connectivity index (χ3v) is 4.57. The van der Waals surface area contributed by atoms with E-state index in [9.17, 15) is 18.0 Å². The van der Waals surface area contributed by atoms with Crippen molar-refractivity contribution in [3.05, 3.63) is 48.4 Å². The van der Waals surface area contributed by atoms with Gasteiger partial charge in [0.2, 0.25) is 21.8 Å². The molecule has 1 aromatic carbocycles. The van der Waals surface area contributed by atoms with Crippen LogP contribution in [0, 0.1) is 5.92 Å². The van der Waals surface area contributed by atoms with Crippen molar-refractivity contribution < 1.29 is 22.4 Å². The average molecular weight is 377 g/mol. The third kappa shape index (κ3) is 4.63. The number of carbonyl (C=O) groups excluding carboxylic acids is 2. The fourth-order valence-corrected chi connectivity index (χ4v) is 3.34. The number of amides is 2. The molecule has 0 saturated carbocycles. The van der Waals surface area contributed by atoms with E-state index in [0.29, 0.717) is 30.2 Å². The van der Waals surface area contributed by atoms with Gasteiger partial charge in [0, 0.05) is 24.3 Å². The summed E-state index contributed by atoms with van der Waals surface area (Å²) < 4.78 is 30.0. The normalized spacial score (nSPS) is 17.3. The lowest BCUT2D eigenvalue weighted by Gasteiger charge is -2.15. The van der Waals surface area contributed by atoms with Gasteiger partial charge in [0.1, 0.15) is 5.76 Å². The topological polar surface area (TPSA) is 109 Å². The standard InChI is InChI=1S/C17H19N3O5S/c1-26(23,24)19-14-6-4-13(5-7-14)18-17(22)12-9-16(21)20(10-12)11-15-3-2-8-25-15/h2-8,12,19H,9-11H2,1H3,(H,18,22). The van der Waals surface area contributed by atoms with Crippen LogP contribution in [-0.2, 0) is 26.2 Å². The number of sulfonamides is 1. The molecule has 1 atom stereocenters. The summed E-state index contributed by atoms with van der Waals surface area (Å²) >= 11 is 0. The smallest absolute Gasteiger partial charge is 0.229 e. The van der Waals surface area contributed by atoms with E-state index < -0.39 is 15.9 Å². The van der Waals surface area contributed by atoms with Crippen LogP contribution >= 0.6 is 0 Å². The number of benzene rings is 1. The Bertz CT molecular complexity index is 891. The second-order valence-corrected chi connectivity index (χ2v) is 7.94. The molecule has 0 aliphatic carbocycles. The molecule has 1 aliphatic heterocycles. The fourth-order valence-electron chi connectivity index (χ4n) is 2.77. The van der Waals surface area contributed by atoms with Crippen LogP contribution in [0.1, 0.15) is 12.2 Å². The first-order chi connectivity index (χ1) is 12.3. The Hall–Kier alpha value is -2.81. The van der Waals surface area contributed by atoms with Crippen LogP contribution in [0.25, 0.3) is 0 Å². The highest BCUT2D eigenvalue weighted by atomic mass is 32.2. The summed E-state index contributed by atoms with van der Waals surface area (Å²) in [6, 6.07) is 9.85. The second kappa shape index (κ2) is 7.20. The highest BCUT2D eigenvalue weighted by molar-refractivity contribution is 7.92. The lowest BCUT2D eigenvalue weighted by molar-refractivity contribution is -0.128. The van der Waals surface area contributed by atoms with Crippen molar-refractivity contribution >= 4 is 33.2 Å². The zero-order chi connectivity index (χ0) is 18.7. The van der Waals surface area contributed by atoms with Crippen molar-refractivity contribution in [2.75, 3.05) is 22.8 Å². The van der Waals surface area contributed by atoms with E-state index in [4.69, 9.17) is 4.42 Å². The number of likely N-dealkylation sites (tertiary alicyclic amines) is 1. The van der Waals surface area contributed by atoms with E-state index in [0.717, 1.165) is 6.26 Å². The van der Waals surface area contributed by atoms with E-state index in [-0.39, 0.29) is 18.2 Å². The Kier molecular flexibility index (Phi) is 4.99. The molecule has 2 N–H and O–H groups in total. The quantitative estimate of drug-likeness (QED) is 0.795. The largest absolute Gasteiger partial charge is 0.467 e. The van der Waals surface area contributed by atoms with Gasteiger partial charge in [-0.2, -0.15) is 0 Å². The van der Waals surface area contributed by atoms with Crippen LogP contribution in [0.15, 0.2) is 47.1 Å². The molecule has 1 aliphatic rings. The zero-order valence-electron chi connectivity index (χ0n) is 14.1. The molecule has 1 saturated heterocycles. The van der Waals surface area contributed by atoms with Crippen LogP contribution in [0.3, 0.4) is 0 Å². The summed E-state index contributed by atoms with van der Waals surface area (Å²) in [5, 5.41) is 2.76. The van der Waals surface area contributed by atoms with Crippen molar-refractivity contribution in [1.29, 1.82) is 0 Å².